The summed E-state index contributed by atoms with van der Waals surface area (Å²) >= 11 is 0. The van der Waals surface area contributed by atoms with Crippen LogP contribution in [0.2, 0.25) is 0 Å². The van der Waals surface area contributed by atoms with Crippen LogP contribution in [-0.2, 0) is 18.2 Å². The van der Waals surface area contributed by atoms with Gasteiger partial charge < -0.3 is 10.5 Å². The quantitative estimate of drug-likeness (QED) is 0.791. The molecule has 4 nitrogen and oxygen atoms in total. The van der Waals surface area contributed by atoms with E-state index in [4.69, 9.17) is 10.5 Å². The van der Waals surface area contributed by atoms with Crippen molar-refractivity contribution in [1.29, 1.82) is 0 Å². The van der Waals surface area contributed by atoms with E-state index in [0.29, 0.717) is 6.61 Å². The summed E-state index contributed by atoms with van der Waals surface area (Å²) in [5, 5.41) is 4.31. The highest BCUT2D eigenvalue weighted by atomic mass is 16.5. The minimum absolute atomic E-state index is 0.226. The predicted octanol–water partition coefficient (Wildman–Crippen LogP) is 1.02. The molecule has 86 valence electrons. The molecule has 0 aliphatic carbocycles. The Bertz CT molecular complexity index is 318. The van der Waals surface area contributed by atoms with Gasteiger partial charge in [0, 0.05) is 38.4 Å². The van der Waals surface area contributed by atoms with Crippen molar-refractivity contribution in [2.45, 2.75) is 32.2 Å². The average molecular weight is 211 g/mol. The maximum atomic E-state index is 6.19. The van der Waals surface area contributed by atoms with Crippen LogP contribution in [0, 0.1) is 6.92 Å². The summed E-state index contributed by atoms with van der Waals surface area (Å²) in [7, 11) is 3.65. The zero-order valence-electron chi connectivity index (χ0n) is 10.1. The van der Waals surface area contributed by atoms with Gasteiger partial charge in [0.25, 0.3) is 0 Å². The van der Waals surface area contributed by atoms with Crippen molar-refractivity contribution in [3.8, 4) is 0 Å². The molecule has 2 N–H and O–H groups in total. The predicted molar refractivity (Wildman–Crippen MR) is 60.7 cm³/mol. The first-order valence-corrected chi connectivity index (χ1v) is 5.22. The number of rotatable bonds is 5. The lowest BCUT2D eigenvalue weighted by molar-refractivity contribution is 0.171. The highest BCUT2D eigenvalue weighted by Gasteiger charge is 2.20. The highest BCUT2D eigenvalue weighted by molar-refractivity contribution is 5.11. The van der Waals surface area contributed by atoms with Gasteiger partial charge in [-0.1, -0.05) is 0 Å². The van der Waals surface area contributed by atoms with Gasteiger partial charge in [-0.25, -0.2) is 0 Å². The topological polar surface area (TPSA) is 53.1 Å². The molecule has 0 spiro atoms. The van der Waals surface area contributed by atoms with Crippen molar-refractivity contribution in [3.05, 3.63) is 17.5 Å². The maximum absolute atomic E-state index is 6.19. The molecule has 0 amide bonds. The fraction of sp³-hybridized carbons (Fsp3) is 0.727. The van der Waals surface area contributed by atoms with Crippen LogP contribution < -0.4 is 5.73 Å². The van der Waals surface area contributed by atoms with Crippen LogP contribution in [0.15, 0.2) is 6.07 Å². The summed E-state index contributed by atoms with van der Waals surface area (Å²) in [5.41, 5.74) is 8.18. The Morgan fingerprint density at radius 1 is 1.60 bits per heavy atom. The van der Waals surface area contributed by atoms with E-state index >= 15 is 0 Å². The van der Waals surface area contributed by atoms with Gasteiger partial charge in [-0.05, 0) is 26.3 Å². The standard InChI is InChI=1S/C11H21N3O/c1-9-7-10(14(3)13-9)8-11(2,12)5-6-15-4/h7H,5-6,8,12H2,1-4H3. The molecular formula is C11H21N3O. The molecule has 0 fully saturated rings. The molecule has 1 aromatic rings. The van der Waals surface area contributed by atoms with Crippen LogP contribution in [-0.4, -0.2) is 29.0 Å². The maximum Gasteiger partial charge on any atom is 0.0596 e. The van der Waals surface area contributed by atoms with E-state index in [2.05, 4.69) is 11.2 Å². The summed E-state index contributed by atoms with van der Waals surface area (Å²) in [6.45, 7) is 4.74. The number of nitrogens with two attached hydrogens (primary N) is 1. The van der Waals surface area contributed by atoms with Gasteiger partial charge in [0.15, 0.2) is 0 Å². The number of aromatic nitrogens is 2. The molecule has 0 saturated heterocycles. The zero-order valence-corrected chi connectivity index (χ0v) is 10.1. The molecular weight excluding hydrogens is 190 g/mol. The second-order valence-corrected chi connectivity index (χ2v) is 4.47. The van der Waals surface area contributed by atoms with E-state index in [0.717, 1.165) is 18.5 Å². The molecule has 4 heteroatoms. The molecule has 0 bridgehead atoms. The van der Waals surface area contributed by atoms with E-state index < -0.39 is 0 Å². The van der Waals surface area contributed by atoms with Crippen LogP contribution >= 0.6 is 0 Å². The highest BCUT2D eigenvalue weighted by Crippen LogP contribution is 2.14. The van der Waals surface area contributed by atoms with Crippen molar-refractivity contribution in [2.75, 3.05) is 13.7 Å². The Morgan fingerprint density at radius 2 is 2.27 bits per heavy atom. The lowest BCUT2D eigenvalue weighted by Gasteiger charge is -2.24. The first-order chi connectivity index (χ1) is 6.94. The van der Waals surface area contributed by atoms with E-state index in [1.165, 1.54) is 5.69 Å². The molecule has 1 rings (SSSR count). The van der Waals surface area contributed by atoms with Gasteiger partial charge in [0.05, 0.1) is 5.69 Å². The molecule has 0 saturated carbocycles. The SMILES string of the molecule is COCCC(C)(N)Cc1cc(C)nn1C. The number of hydrogen-bond acceptors (Lipinski definition) is 3. The Morgan fingerprint density at radius 3 is 2.73 bits per heavy atom. The van der Waals surface area contributed by atoms with Crippen LogP contribution in [0.3, 0.4) is 0 Å². The molecule has 0 radical (unpaired) electrons. The van der Waals surface area contributed by atoms with Gasteiger partial charge in [-0.3, -0.25) is 4.68 Å². The Labute approximate surface area is 91.4 Å². The van der Waals surface area contributed by atoms with Gasteiger partial charge in [0.1, 0.15) is 0 Å². The van der Waals surface area contributed by atoms with Gasteiger partial charge in [0.2, 0.25) is 0 Å². The molecule has 0 aliphatic heterocycles. The second-order valence-electron chi connectivity index (χ2n) is 4.47. The smallest absolute Gasteiger partial charge is 0.0596 e. The number of nitrogens with zero attached hydrogens (tertiary/aromatic N) is 2. The van der Waals surface area contributed by atoms with Gasteiger partial charge in [-0.2, -0.15) is 5.10 Å². The first kappa shape index (κ1) is 12.2. The van der Waals surface area contributed by atoms with Crippen molar-refractivity contribution in [3.63, 3.8) is 0 Å². The summed E-state index contributed by atoms with van der Waals surface area (Å²) in [4.78, 5) is 0. The molecule has 0 aromatic carbocycles. The normalized spacial score (nSPS) is 15.3. The van der Waals surface area contributed by atoms with Gasteiger partial charge >= 0.3 is 0 Å². The monoisotopic (exact) mass is 211 g/mol. The molecule has 0 aliphatic rings. The Balaban J connectivity index is 2.63. The van der Waals surface area contributed by atoms with Crippen molar-refractivity contribution in [2.24, 2.45) is 12.8 Å². The molecule has 1 aromatic heterocycles. The number of hydrogen-bond donors (Lipinski definition) is 1. The third-order valence-corrected chi connectivity index (χ3v) is 2.56. The first-order valence-electron chi connectivity index (χ1n) is 5.22. The lowest BCUT2D eigenvalue weighted by atomic mass is 9.93. The van der Waals surface area contributed by atoms with E-state index in [9.17, 15) is 0 Å². The van der Waals surface area contributed by atoms with E-state index in [1.807, 2.05) is 25.6 Å². The summed E-state index contributed by atoms with van der Waals surface area (Å²) in [6.07, 6.45) is 1.68. The van der Waals surface area contributed by atoms with Crippen LogP contribution in [0.25, 0.3) is 0 Å². The largest absolute Gasteiger partial charge is 0.385 e. The Hall–Kier alpha value is -0.870. The molecule has 1 unspecified atom stereocenters. The zero-order chi connectivity index (χ0) is 11.5. The van der Waals surface area contributed by atoms with E-state index in [1.54, 1.807) is 7.11 Å². The fourth-order valence-corrected chi connectivity index (χ4v) is 1.67. The average Bonchev–Trinajstić information content (AvgIpc) is 2.41. The third-order valence-electron chi connectivity index (χ3n) is 2.56. The van der Waals surface area contributed by atoms with Crippen molar-refractivity contribution < 1.29 is 4.74 Å². The number of aryl methyl sites for hydroxylation is 2. The summed E-state index contributed by atoms with van der Waals surface area (Å²) < 4.78 is 6.94. The second kappa shape index (κ2) is 4.77. The fourth-order valence-electron chi connectivity index (χ4n) is 1.67. The minimum Gasteiger partial charge on any atom is -0.385 e. The number of ether oxygens (including phenoxy) is 1. The van der Waals surface area contributed by atoms with Gasteiger partial charge in [-0.15, -0.1) is 0 Å². The van der Waals surface area contributed by atoms with Crippen LogP contribution in [0.1, 0.15) is 24.7 Å². The lowest BCUT2D eigenvalue weighted by Crippen LogP contribution is -2.40. The third kappa shape index (κ3) is 3.64. The summed E-state index contributed by atoms with van der Waals surface area (Å²) in [5.74, 6) is 0. The van der Waals surface area contributed by atoms with E-state index in [-0.39, 0.29) is 5.54 Å². The minimum atomic E-state index is -0.226. The number of methoxy groups -OCH3 is 1. The van der Waals surface area contributed by atoms with Crippen LogP contribution in [0.4, 0.5) is 0 Å². The Kier molecular flexibility index (Phi) is 3.88. The summed E-state index contributed by atoms with van der Waals surface area (Å²) in [6, 6.07) is 2.08. The molecule has 1 atom stereocenters. The molecule has 1 heterocycles. The van der Waals surface area contributed by atoms with Crippen LogP contribution in [0.5, 0.6) is 0 Å². The van der Waals surface area contributed by atoms with Crippen molar-refractivity contribution >= 4 is 0 Å². The van der Waals surface area contributed by atoms with Crippen molar-refractivity contribution in [1.82, 2.24) is 9.78 Å². The molecule has 15 heavy (non-hydrogen) atoms.